The largest absolute Gasteiger partial charge is 0.346 e. The van der Waals surface area contributed by atoms with E-state index in [9.17, 15) is 9.59 Å². The van der Waals surface area contributed by atoms with Crippen LogP contribution in [0, 0.1) is 0 Å². The number of rotatable bonds is 3. The lowest BCUT2D eigenvalue weighted by Gasteiger charge is -2.05. The minimum atomic E-state index is -0.250. The molecule has 1 amide bonds. The fraction of sp³-hybridized carbons (Fsp3) is 0.133. The molecule has 0 aliphatic heterocycles. The Bertz CT molecular complexity index is 682. The minimum absolute atomic E-state index is 0.0112. The zero-order valence-electron chi connectivity index (χ0n) is 10.9. The van der Waals surface area contributed by atoms with Crippen molar-refractivity contribution in [1.82, 2.24) is 4.57 Å². The first-order valence-corrected chi connectivity index (χ1v) is 6.42. The van der Waals surface area contributed by atoms with Gasteiger partial charge in [0.25, 0.3) is 0 Å². The van der Waals surface area contributed by atoms with E-state index in [0.29, 0.717) is 15.9 Å². The summed E-state index contributed by atoms with van der Waals surface area (Å²) >= 11 is 5.78. The van der Waals surface area contributed by atoms with Crippen molar-refractivity contribution in [2.24, 2.45) is 4.99 Å². The van der Waals surface area contributed by atoms with Gasteiger partial charge in [-0.2, -0.15) is 0 Å². The number of amides is 1. The highest BCUT2D eigenvalue weighted by Crippen LogP contribution is 2.10. The highest BCUT2D eigenvalue weighted by atomic mass is 35.5. The summed E-state index contributed by atoms with van der Waals surface area (Å²) in [6.07, 6.45) is 3.44. The molecule has 0 saturated heterocycles. The lowest BCUT2D eigenvalue weighted by Crippen LogP contribution is -2.13. The highest BCUT2D eigenvalue weighted by molar-refractivity contribution is 6.30. The summed E-state index contributed by atoms with van der Waals surface area (Å²) in [6.45, 7) is 1.62. The first kappa shape index (κ1) is 14.2. The number of nitrogens with zero attached hydrogens (tertiary/aromatic N) is 2. The molecule has 0 fully saturated rings. The Balaban J connectivity index is 2.12. The molecule has 1 aromatic heterocycles. The molecule has 0 aliphatic carbocycles. The van der Waals surface area contributed by atoms with Crippen LogP contribution in [-0.2, 0) is 11.3 Å². The second-order valence-electron chi connectivity index (χ2n) is 4.29. The van der Waals surface area contributed by atoms with Crippen LogP contribution < -0.4 is 5.36 Å². The molecule has 0 saturated carbocycles. The number of pyridine rings is 1. The maximum absolute atomic E-state index is 12.0. The van der Waals surface area contributed by atoms with E-state index >= 15 is 0 Å². The predicted molar refractivity (Wildman–Crippen MR) is 76.5 cm³/mol. The number of hydrogen-bond acceptors (Lipinski definition) is 2. The van der Waals surface area contributed by atoms with Crippen LogP contribution in [-0.4, -0.2) is 16.3 Å². The third-order valence-electron chi connectivity index (χ3n) is 2.65. The molecule has 102 valence electrons. The molecule has 0 radical (unpaired) electrons. The summed E-state index contributed by atoms with van der Waals surface area (Å²) in [5, 5.41) is 1.18. The summed E-state index contributed by atoms with van der Waals surface area (Å²) < 4.78 is 1.73. The maximum Gasteiger partial charge on any atom is 0.243 e. The van der Waals surface area contributed by atoms with Crippen LogP contribution in [0.25, 0.3) is 0 Å². The van der Waals surface area contributed by atoms with E-state index < -0.39 is 0 Å². The van der Waals surface area contributed by atoms with Crippen LogP contribution in [0.15, 0.2) is 53.8 Å². The summed E-state index contributed by atoms with van der Waals surface area (Å²) in [5.41, 5.74) is 0.611. The number of aromatic nitrogens is 1. The van der Waals surface area contributed by atoms with Gasteiger partial charge in [0.15, 0.2) is 5.78 Å². The monoisotopic (exact) mass is 288 g/mol. The molecule has 0 N–H and O–H groups in total. The molecule has 4 nitrogen and oxygen atoms in total. The third-order valence-corrected chi connectivity index (χ3v) is 2.90. The zero-order chi connectivity index (χ0) is 14.5. The van der Waals surface area contributed by atoms with E-state index in [1.165, 1.54) is 6.92 Å². The number of carbonyl (C=O) groups excluding carboxylic acids is 2. The molecule has 0 spiro atoms. The molecule has 5 heteroatoms. The van der Waals surface area contributed by atoms with E-state index in [1.54, 1.807) is 53.4 Å². The van der Waals surface area contributed by atoms with Crippen LogP contribution in [0.1, 0.15) is 17.3 Å². The fourth-order valence-corrected chi connectivity index (χ4v) is 1.83. The molecule has 2 rings (SSSR count). The quantitative estimate of drug-likeness (QED) is 0.815. The number of Topliss-reactive ketones (excluding diaryl/α,β-unsaturated/α-hetero) is 1. The Labute approximate surface area is 121 Å². The second kappa shape index (κ2) is 6.30. The molecule has 1 aromatic carbocycles. The van der Waals surface area contributed by atoms with E-state index in [4.69, 9.17) is 11.6 Å². The number of benzene rings is 1. The number of carbonyl (C=O) groups is 2. The van der Waals surface area contributed by atoms with Crippen LogP contribution in [0.4, 0.5) is 0 Å². The average Bonchev–Trinajstić information content (AvgIpc) is 2.41. The fourth-order valence-electron chi connectivity index (χ4n) is 1.70. The highest BCUT2D eigenvalue weighted by Gasteiger charge is 2.05. The molecule has 0 aliphatic rings. The van der Waals surface area contributed by atoms with Crippen molar-refractivity contribution in [3.63, 3.8) is 0 Å². The van der Waals surface area contributed by atoms with Crippen molar-refractivity contribution in [3.8, 4) is 0 Å². The van der Waals surface area contributed by atoms with Crippen molar-refractivity contribution in [3.05, 3.63) is 64.7 Å². The molecule has 2 aromatic rings. The molecule has 1 heterocycles. The molecule has 0 unspecified atom stereocenters. The lowest BCUT2D eigenvalue weighted by atomic mass is 10.1. The number of halogens is 1. The molecule has 0 atom stereocenters. The first-order chi connectivity index (χ1) is 9.54. The Morgan fingerprint density at radius 2 is 1.70 bits per heavy atom. The maximum atomic E-state index is 12.0. The van der Waals surface area contributed by atoms with Crippen molar-refractivity contribution in [2.45, 2.75) is 13.5 Å². The van der Waals surface area contributed by atoms with Gasteiger partial charge in [-0.05, 0) is 36.4 Å². The van der Waals surface area contributed by atoms with Crippen molar-refractivity contribution >= 4 is 23.3 Å². The Kier molecular flexibility index (Phi) is 4.48. The molecule has 0 bridgehead atoms. The van der Waals surface area contributed by atoms with Crippen LogP contribution >= 0.6 is 11.6 Å². The third kappa shape index (κ3) is 3.90. The van der Waals surface area contributed by atoms with E-state index in [0.717, 1.165) is 0 Å². The average molecular weight is 289 g/mol. The summed E-state index contributed by atoms with van der Waals surface area (Å²) in [7, 11) is 0. The van der Waals surface area contributed by atoms with Crippen molar-refractivity contribution in [1.29, 1.82) is 0 Å². The van der Waals surface area contributed by atoms with Gasteiger partial charge < -0.3 is 4.57 Å². The SMILES string of the molecule is CC(=O)N=c1ccn(CC(=O)c2ccc(Cl)cc2)cc1. The molecular weight excluding hydrogens is 276 g/mol. The summed E-state index contributed by atoms with van der Waals surface area (Å²) in [4.78, 5) is 26.7. The van der Waals surface area contributed by atoms with Crippen molar-refractivity contribution in [2.75, 3.05) is 0 Å². The summed E-state index contributed by atoms with van der Waals surface area (Å²) in [5.74, 6) is -0.261. The van der Waals surface area contributed by atoms with Gasteiger partial charge in [-0.15, -0.1) is 0 Å². The van der Waals surface area contributed by atoms with Crippen LogP contribution in [0.3, 0.4) is 0 Å². The van der Waals surface area contributed by atoms with Gasteiger partial charge in [-0.3, -0.25) is 9.59 Å². The van der Waals surface area contributed by atoms with E-state index in [1.807, 2.05) is 0 Å². The lowest BCUT2D eigenvalue weighted by molar-refractivity contribution is -0.116. The van der Waals surface area contributed by atoms with Gasteiger partial charge in [0.2, 0.25) is 5.91 Å². The van der Waals surface area contributed by atoms with E-state index in [-0.39, 0.29) is 18.2 Å². The van der Waals surface area contributed by atoms with Gasteiger partial charge in [-0.25, -0.2) is 4.99 Å². The van der Waals surface area contributed by atoms with Crippen molar-refractivity contribution < 1.29 is 9.59 Å². The number of hydrogen-bond donors (Lipinski definition) is 0. The topological polar surface area (TPSA) is 51.4 Å². The Morgan fingerprint density at radius 3 is 2.25 bits per heavy atom. The van der Waals surface area contributed by atoms with Gasteiger partial charge in [0.1, 0.15) is 0 Å². The normalized spacial score (nSPS) is 10.1. The predicted octanol–water partition coefficient (Wildman–Crippen LogP) is 2.47. The van der Waals surface area contributed by atoms with Gasteiger partial charge in [0.05, 0.1) is 11.9 Å². The number of ketones is 1. The van der Waals surface area contributed by atoms with Gasteiger partial charge in [0, 0.05) is 29.9 Å². The minimum Gasteiger partial charge on any atom is -0.346 e. The van der Waals surface area contributed by atoms with Gasteiger partial charge in [-0.1, -0.05) is 11.6 Å². The summed E-state index contributed by atoms with van der Waals surface area (Å²) in [6, 6.07) is 10.2. The molecule has 20 heavy (non-hydrogen) atoms. The Hall–Kier alpha value is -2.20. The van der Waals surface area contributed by atoms with Gasteiger partial charge >= 0.3 is 0 Å². The molecular formula is C15H13ClN2O2. The van der Waals surface area contributed by atoms with Crippen LogP contribution in [0.2, 0.25) is 5.02 Å². The standard InChI is InChI=1S/C15H13ClN2O2/c1-11(19)17-14-6-8-18(9-7-14)10-15(20)12-2-4-13(16)5-3-12/h2-9H,10H2,1H3. The van der Waals surface area contributed by atoms with Crippen LogP contribution in [0.5, 0.6) is 0 Å². The smallest absolute Gasteiger partial charge is 0.243 e. The second-order valence-corrected chi connectivity index (χ2v) is 4.73. The Morgan fingerprint density at radius 1 is 1.10 bits per heavy atom. The zero-order valence-corrected chi connectivity index (χ0v) is 11.7. The first-order valence-electron chi connectivity index (χ1n) is 6.05. The van der Waals surface area contributed by atoms with E-state index in [2.05, 4.69) is 4.99 Å².